The van der Waals surface area contributed by atoms with Crippen LogP contribution in [0.4, 0.5) is 5.69 Å². The molecule has 154 valence electrons. The number of carbonyl (C=O) groups is 3. The number of hydrogen-bond acceptors (Lipinski definition) is 6. The molecule has 1 aromatic rings. The van der Waals surface area contributed by atoms with Gasteiger partial charge < -0.3 is 15.8 Å². The van der Waals surface area contributed by atoms with Crippen molar-refractivity contribution in [1.82, 2.24) is 10.6 Å². The van der Waals surface area contributed by atoms with Gasteiger partial charge in [-0.25, -0.2) is 4.79 Å². The van der Waals surface area contributed by atoms with E-state index in [1.807, 2.05) is 12.1 Å². The van der Waals surface area contributed by atoms with Gasteiger partial charge in [-0.15, -0.1) is 0 Å². The monoisotopic (exact) mass is 398 g/mol. The molecule has 2 unspecified atom stereocenters. The van der Waals surface area contributed by atoms with Crippen LogP contribution in [0, 0.1) is 16.5 Å². The number of anilines is 1. The fourth-order valence-corrected chi connectivity index (χ4v) is 5.46. The Labute approximate surface area is 169 Å². The molecule has 0 radical (unpaired) electrons. The van der Waals surface area contributed by atoms with Gasteiger partial charge in [-0.3, -0.25) is 19.6 Å². The normalized spacial score (nSPS) is 30.5. The Morgan fingerprint density at radius 2 is 2.00 bits per heavy atom. The Kier molecular flexibility index (Phi) is 4.27. The van der Waals surface area contributed by atoms with Crippen LogP contribution in [-0.4, -0.2) is 48.0 Å². The predicted octanol–water partition coefficient (Wildman–Crippen LogP) is 1.26. The summed E-state index contributed by atoms with van der Waals surface area (Å²) in [5.41, 5.74) is 2.54. The Morgan fingerprint density at radius 1 is 1.21 bits per heavy atom. The van der Waals surface area contributed by atoms with Gasteiger partial charge in [0.2, 0.25) is 5.91 Å². The molecule has 8 nitrogen and oxygen atoms in total. The molecule has 29 heavy (non-hydrogen) atoms. The molecule has 3 fully saturated rings. The number of quaternary nitrogens is 1. The highest BCUT2D eigenvalue weighted by atomic mass is 16.6. The number of fused-ring (bicyclic) bond motifs is 1. The van der Waals surface area contributed by atoms with Gasteiger partial charge in [0.05, 0.1) is 5.56 Å². The first kappa shape index (κ1) is 18.7. The third-order valence-electron chi connectivity index (χ3n) is 7.12. The summed E-state index contributed by atoms with van der Waals surface area (Å²) in [7, 11) is 0. The zero-order valence-corrected chi connectivity index (χ0v) is 16.3. The highest BCUT2D eigenvalue weighted by Crippen LogP contribution is 2.49. The molecule has 2 saturated heterocycles. The second-order valence-electron chi connectivity index (χ2n) is 9.19. The summed E-state index contributed by atoms with van der Waals surface area (Å²) in [6.45, 7) is 3.13. The minimum Gasteiger partial charge on any atom is -0.624 e. The van der Waals surface area contributed by atoms with Gasteiger partial charge in [0.1, 0.15) is 6.54 Å². The van der Waals surface area contributed by atoms with Crippen molar-refractivity contribution in [2.24, 2.45) is 11.3 Å². The van der Waals surface area contributed by atoms with Crippen molar-refractivity contribution in [3.8, 4) is 0 Å². The van der Waals surface area contributed by atoms with E-state index in [0.29, 0.717) is 16.5 Å². The molecule has 1 aromatic carbocycles. The van der Waals surface area contributed by atoms with Crippen LogP contribution in [0.25, 0.3) is 0 Å². The van der Waals surface area contributed by atoms with E-state index >= 15 is 0 Å². The summed E-state index contributed by atoms with van der Waals surface area (Å²) >= 11 is 0. The standard InChI is InChI=1S/C21H26N4O4/c26-18-4-3-17(19(27)24-18)25(29)10-14-7-15(1-2-16(14)20(25)28)23-6-5-13-8-21(9-13)11-22-12-21/h1-2,7,13,17,22-23H,3-6,8-12H2,(H,24,26,27). The zero-order chi connectivity index (χ0) is 20.2. The fraction of sp³-hybridized carbons (Fsp3) is 0.571. The fourth-order valence-electron chi connectivity index (χ4n) is 5.46. The maximum absolute atomic E-state index is 13.3. The Bertz CT molecular complexity index is 889. The van der Waals surface area contributed by atoms with Gasteiger partial charge >= 0.3 is 5.91 Å². The lowest BCUT2D eigenvalue weighted by atomic mass is 9.58. The maximum Gasteiger partial charge on any atom is 0.347 e. The number of amides is 3. The van der Waals surface area contributed by atoms with E-state index in [2.05, 4.69) is 16.0 Å². The number of hydrogen-bond donors (Lipinski definition) is 3. The van der Waals surface area contributed by atoms with E-state index in [0.717, 1.165) is 37.7 Å². The summed E-state index contributed by atoms with van der Waals surface area (Å²) in [5.74, 6) is -0.843. The minimum atomic E-state index is -1.23. The first-order chi connectivity index (χ1) is 13.9. The molecule has 2 atom stereocenters. The second kappa shape index (κ2) is 6.62. The topological polar surface area (TPSA) is 110 Å². The van der Waals surface area contributed by atoms with Crippen molar-refractivity contribution in [2.45, 2.75) is 44.7 Å². The minimum absolute atomic E-state index is 0.0614. The predicted molar refractivity (Wildman–Crippen MR) is 105 cm³/mol. The van der Waals surface area contributed by atoms with Crippen LogP contribution in [0.3, 0.4) is 0 Å². The number of nitrogens with one attached hydrogen (secondary N) is 3. The molecule has 4 aliphatic rings. The lowest BCUT2D eigenvalue weighted by Crippen LogP contribution is -2.60. The van der Waals surface area contributed by atoms with Crippen LogP contribution in [0.5, 0.6) is 0 Å². The number of carbonyl (C=O) groups excluding carboxylic acids is 3. The van der Waals surface area contributed by atoms with Gasteiger partial charge in [0.25, 0.3) is 5.91 Å². The van der Waals surface area contributed by atoms with E-state index in [4.69, 9.17) is 0 Å². The molecule has 0 bridgehead atoms. The molecular formula is C21H26N4O4. The van der Waals surface area contributed by atoms with Gasteiger partial charge in [-0.05, 0) is 48.8 Å². The van der Waals surface area contributed by atoms with Crippen LogP contribution < -0.4 is 16.0 Å². The Morgan fingerprint density at radius 3 is 2.69 bits per heavy atom. The highest BCUT2D eigenvalue weighted by Gasteiger charge is 2.49. The van der Waals surface area contributed by atoms with E-state index < -0.39 is 22.5 Å². The quantitative estimate of drug-likeness (QED) is 0.391. The van der Waals surface area contributed by atoms with Crippen molar-refractivity contribution in [1.29, 1.82) is 0 Å². The van der Waals surface area contributed by atoms with Crippen molar-refractivity contribution in [3.63, 3.8) is 0 Å². The molecule has 1 saturated carbocycles. The van der Waals surface area contributed by atoms with Crippen molar-refractivity contribution in [2.75, 3.05) is 25.0 Å². The molecule has 1 aliphatic carbocycles. The molecule has 3 aliphatic heterocycles. The number of imide groups is 1. The second-order valence-corrected chi connectivity index (χ2v) is 9.19. The van der Waals surface area contributed by atoms with Crippen LogP contribution in [0.2, 0.25) is 0 Å². The number of piperidine rings is 1. The van der Waals surface area contributed by atoms with Crippen LogP contribution >= 0.6 is 0 Å². The van der Waals surface area contributed by atoms with E-state index in [1.54, 1.807) is 6.07 Å². The first-order valence-electron chi connectivity index (χ1n) is 10.4. The van der Waals surface area contributed by atoms with Crippen LogP contribution in [0.1, 0.15) is 48.0 Å². The SMILES string of the molecule is O=C1CCC([N+]2([O-])Cc3cc(NCCC4CC5(CNC5)C4)ccc3C2=O)C(=O)N1. The molecule has 3 N–H and O–H groups in total. The highest BCUT2D eigenvalue weighted by molar-refractivity contribution is 6.02. The number of rotatable bonds is 5. The van der Waals surface area contributed by atoms with E-state index in [1.165, 1.54) is 12.8 Å². The summed E-state index contributed by atoms with van der Waals surface area (Å²) in [4.78, 5) is 36.3. The van der Waals surface area contributed by atoms with Crippen molar-refractivity contribution >= 4 is 23.4 Å². The van der Waals surface area contributed by atoms with Gasteiger partial charge in [-0.1, -0.05) is 0 Å². The Balaban J connectivity index is 1.21. The zero-order valence-electron chi connectivity index (χ0n) is 16.3. The molecule has 3 amide bonds. The maximum atomic E-state index is 13.3. The third-order valence-corrected chi connectivity index (χ3v) is 7.12. The lowest BCUT2D eigenvalue weighted by molar-refractivity contribution is -0.825. The average Bonchev–Trinajstić information content (AvgIpc) is 2.86. The molecule has 8 heteroatoms. The average molecular weight is 398 g/mol. The van der Waals surface area contributed by atoms with Crippen LogP contribution in [0.15, 0.2) is 18.2 Å². The number of benzene rings is 1. The van der Waals surface area contributed by atoms with Crippen molar-refractivity contribution in [3.05, 3.63) is 34.5 Å². The summed E-state index contributed by atoms with van der Waals surface area (Å²) in [6, 6.07) is 4.31. The van der Waals surface area contributed by atoms with E-state index in [9.17, 15) is 19.6 Å². The molecule has 3 heterocycles. The third kappa shape index (κ3) is 3.06. The smallest absolute Gasteiger partial charge is 0.347 e. The van der Waals surface area contributed by atoms with Gasteiger partial charge in [0, 0.05) is 43.7 Å². The summed E-state index contributed by atoms with van der Waals surface area (Å²) < 4.78 is -1.23. The van der Waals surface area contributed by atoms with E-state index in [-0.39, 0.29) is 25.3 Å². The summed E-state index contributed by atoms with van der Waals surface area (Å²) in [5, 5.41) is 22.3. The molecule has 1 spiro atoms. The van der Waals surface area contributed by atoms with Gasteiger partial charge in [-0.2, -0.15) is 0 Å². The summed E-state index contributed by atoms with van der Waals surface area (Å²) in [6.07, 6.45) is 3.94. The Hall–Kier alpha value is -2.29. The van der Waals surface area contributed by atoms with Crippen LogP contribution in [-0.2, 0) is 16.1 Å². The number of hydroxylamine groups is 3. The first-order valence-corrected chi connectivity index (χ1v) is 10.4. The largest absolute Gasteiger partial charge is 0.624 e. The molecule has 0 aromatic heterocycles. The number of nitrogens with zero attached hydrogens (tertiary/aromatic N) is 1. The van der Waals surface area contributed by atoms with Crippen molar-refractivity contribution < 1.29 is 19.0 Å². The van der Waals surface area contributed by atoms with Gasteiger partial charge in [0.15, 0.2) is 6.04 Å². The lowest BCUT2D eigenvalue weighted by Gasteiger charge is -2.54. The molecular weight excluding hydrogens is 372 g/mol. The molecule has 5 rings (SSSR count).